The number of aryl methyl sites for hydroxylation is 1. The molecule has 2 heterocycles. The minimum absolute atomic E-state index is 0.981. The Bertz CT molecular complexity index is 406. The lowest BCUT2D eigenvalue weighted by Crippen LogP contribution is -2.00. The molecule has 0 aliphatic heterocycles. The maximum Gasteiger partial charge on any atom is 0.157 e. The Morgan fingerprint density at radius 1 is 1.36 bits per heavy atom. The molecular weight excluding hydrogens is 174 g/mol. The minimum atomic E-state index is 0.981. The quantitative estimate of drug-likeness (QED) is 0.692. The van der Waals surface area contributed by atoms with Gasteiger partial charge in [-0.15, -0.1) is 0 Å². The van der Waals surface area contributed by atoms with Gasteiger partial charge in [0.1, 0.15) is 0 Å². The van der Waals surface area contributed by atoms with E-state index in [4.69, 9.17) is 0 Å². The van der Waals surface area contributed by atoms with Crippen molar-refractivity contribution < 1.29 is 0 Å². The molecule has 3 heteroatoms. The minimum Gasteiger partial charge on any atom is -0.247 e. The van der Waals surface area contributed by atoms with E-state index in [0.29, 0.717) is 0 Å². The molecule has 0 atom stereocenters. The van der Waals surface area contributed by atoms with Crippen LogP contribution in [0.4, 0.5) is 0 Å². The van der Waals surface area contributed by atoms with Crippen LogP contribution >= 0.6 is 0 Å². The fraction of sp³-hybridized carbons (Fsp3) is 0.455. The zero-order chi connectivity index (χ0) is 9.80. The van der Waals surface area contributed by atoms with Crippen LogP contribution in [-0.2, 0) is 6.54 Å². The molecule has 0 aliphatic carbocycles. The first-order chi connectivity index (χ1) is 6.92. The first kappa shape index (κ1) is 9.19. The largest absolute Gasteiger partial charge is 0.247 e. The SMILES string of the molecule is CCCCCn1ncc2cccnc21. The fourth-order valence-electron chi connectivity index (χ4n) is 1.59. The van der Waals surface area contributed by atoms with Crippen molar-refractivity contribution in [2.24, 2.45) is 0 Å². The number of rotatable bonds is 4. The Morgan fingerprint density at radius 2 is 2.29 bits per heavy atom. The number of hydrogen-bond acceptors (Lipinski definition) is 2. The summed E-state index contributed by atoms with van der Waals surface area (Å²) in [4.78, 5) is 4.32. The average Bonchev–Trinajstić information content (AvgIpc) is 2.63. The van der Waals surface area contributed by atoms with Crippen molar-refractivity contribution in [1.82, 2.24) is 14.8 Å². The highest BCUT2D eigenvalue weighted by molar-refractivity contribution is 5.73. The summed E-state index contributed by atoms with van der Waals surface area (Å²) in [5.74, 6) is 0. The summed E-state index contributed by atoms with van der Waals surface area (Å²) in [5.41, 5.74) is 1.00. The Morgan fingerprint density at radius 3 is 3.14 bits per heavy atom. The van der Waals surface area contributed by atoms with Crippen LogP contribution in [0.5, 0.6) is 0 Å². The van der Waals surface area contributed by atoms with Gasteiger partial charge in [0, 0.05) is 18.1 Å². The van der Waals surface area contributed by atoms with Crippen molar-refractivity contribution in [1.29, 1.82) is 0 Å². The molecule has 74 valence electrons. The molecule has 0 aliphatic rings. The van der Waals surface area contributed by atoms with Crippen molar-refractivity contribution in [3.05, 3.63) is 24.5 Å². The molecular formula is C11H15N3. The third-order valence-electron chi connectivity index (χ3n) is 2.37. The maximum atomic E-state index is 4.32. The van der Waals surface area contributed by atoms with Crippen LogP contribution in [0.3, 0.4) is 0 Å². The molecule has 2 aromatic heterocycles. The summed E-state index contributed by atoms with van der Waals surface area (Å²) < 4.78 is 1.99. The van der Waals surface area contributed by atoms with Gasteiger partial charge in [0.2, 0.25) is 0 Å². The molecule has 0 aromatic carbocycles. The first-order valence-corrected chi connectivity index (χ1v) is 5.18. The molecule has 2 aromatic rings. The predicted molar refractivity (Wildman–Crippen MR) is 57.1 cm³/mol. The average molecular weight is 189 g/mol. The number of hydrogen-bond donors (Lipinski definition) is 0. The van der Waals surface area contributed by atoms with Crippen molar-refractivity contribution in [3.63, 3.8) is 0 Å². The third kappa shape index (κ3) is 1.76. The van der Waals surface area contributed by atoms with Crippen LogP contribution in [0.1, 0.15) is 26.2 Å². The lowest BCUT2D eigenvalue weighted by Gasteiger charge is -2.00. The van der Waals surface area contributed by atoms with E-state index in [-0.39, 0.29) is 0 Å². The van der Waals surface area contributed by atoms with Crippen LogP contribution in [0.25, 0.3) is 11.0 Å². The number of unbranched alkanes of at least 4 members (excludes halogenated alkanes) is 2. The third-order valence-corrected chi connectivity index (χ3v) is 2.37. The number of aromatic nitrogens is 3. The van der Waals surface area contributed by atoms with E-state index in [1.807, 2.05) is 29.2 Å². The second kappa shape index (κ2) is 4.22. The van der Waals surface area contributed by atoms with Gasteiger partial charge < -0.3 is 0 Å². The molecule has 0 radical (unpaired) electrons. The molecule has 0 amide bonds. The number of pyridine rings is 1. The standard InChI is InChI=1S/C11H15N3/c1-2-3-4-8-14-11-10(9-13-14)6-5-7-12-11/h5-7,9H,2-4,8H2,1H3. The Balaban J connectivity index is 2.17. The zero-order valence-electron chi connectivity index (χ0n) is 8.48. The molecule has 3 nitrogen and oxygen atoms in total. The van der Waals surface area contributed by atoms with Gasteiger partial charge >= 0.3 is 0 Å². The maximum absolute atomic E-state index is 4.32. The zero-order valence-corrected chi connectivity index (χ0v) is 8.48. The van der Waals surface area contributed by atoms with Gasteiger partial charge in [-0.25, -0.2) is 9.67 Å². The van der Waals surface area contributed by atoms with E-state index < -0.39 is 0 Å². The lowest BCUT2D eigenvalue weighted by molar-refractivity contribution is 0.564. The van der Waals surface area contributed by atoms with Crippen LogP contribution in [0.15, 0.2) is 24.5 Å². The van der Waals surface area contributed by atoms with E-state index in [0.717, 1.165) is 17.6 Å². The van der Waals surface area contributed by atoms with Crippen LogP contribution < -0.4 is 0 Å². The van der Waals surface area contributed by atoms with E-state index in [9.17, 15) is 0 Å². The molecule has 0 fully saturated rings. The highest BCUT2D eigenvalue weighted by Gasteiger charge is 2.01. The second-order valence-electron chi connectivity index (χ2n) is 3.49. The van der Waals surface area contributed by atoms with E-state index >= 15 is 0 Å². The Hall–Kier alpha value is -1.38. The molecule has 0 spiro atoms. The summed E-state index contributed by atoms with van der Waals surface area (Å²) >= 11 is 0. The van der Waals surface area contributed by atoms with Gasteiger partial charge in [-0.05, 0) is 18.6 Å². The Labute approximate surface area is 83.8 Å². The molecule has 0 saturated carbocycles. The molecule has 14 heavy (non-hydrogen) atoms. The van der Waals surface area contributed by atoms with E-state index in [2.05, 4.69) is 17.0 Å². The van der Waals surface area contributed by atoms with Gasteiger partial charge in [0.05, 0.1) is 6.20 Å². The molecule has 0 saturated heterocycles. The van der Waals surface area contributed by atoms with Crippen molar-refractivity contribution in [2.45, 2.75) is 32.7 Å². The topological polar surface area (TPSA) is 30.7 Å². The van der Waals surface area contributed by atoms with Gasteiger partial charge in [-0.2, -0.15) is 5.10 Å². The van der Waals surface area contributed by atoms with Crippen molar-refractivity contribution in [3.8, 4) is 0 Å². The van der Waals surface area contributed by atoms with Crippen LogP contribution in [-0.4, -0.2) is 14.8 Å². The Kier molecular flexibility index (Phi) is 2.77. The summed E-state index contributed by atoms with van der Waals surface area (Å²) in [5, 5.41) is 5.45. The van der Waals surface area contributed by atoms with Crippen molar-refractivity contribution >= 4 is 11.0 Å². The summed E-state index contributed by atoms with van der Waals surface area (Å²) in [6.07, 6.45) is 7.39. The van der Waals surface area contributed by atoms with Gasteiger partial charge in [-0.1, -0.05) is 19.8 Å². The highest BCUT2D eigenvalue weighted by atomic mass is 15.3. The van der Waals surface area contributed by atoms with Crippen molar-refractivity contribution in [2.75, 3.05) is 0 Å². The summed E-state index contributed by atoms with van der Waals surface area (Å²) in [6.45, 7) is 3.19. The predicted octanol–water partition coefficient (Wildman–Crippen LogP) is 2.62. The van der Waals surface area contributed by atoms with Gasteiger partial charge in [0.15, 0.2) is 5.65 Å². The lowest BCUT2D eigenvalue weighted by atomic mass is 10.2. The van der Waals surface area contributed by atoms with E-state index in [1.165, 1.54) is 19.3 Å². The normalized spacial score (nSPS) is 10.9. The molecule has 0 unspecified atom stereocenters. The summed E-state index contributed by atoms with van der Waals surface area (Å²) in [7, 11) is 0. The number of fused-ring (bicyclic) bond motifs is 1. The number of nitrogens with zero attached hydrogens (tertiary/aromatic N) is 3. The van der Waals surface area contributed by atoms with Gasteiger partial charge in [0.25, 0.3) is 0 Å². The monoisotopic (exact) mass is 189 g/mol. The van der Waals surface area contributed by atoms with Crippen LogP contribution in [0.2, 0.25) is 0 Å². The summed E-state index contributed by atoms with van der Waals surface area (Å²) in [6, 6.07) is 3.99. The van der Waals surface area contributed by atoms with Crippen LogP contribution in [0, 0.1) is 0 Å². The molecule has 0 bridgehead atoms. The fourth-order valence-corrected chi connectivity index (χ4v) is 1.59. The van der Waals surface area contributed by atoms with Gasteiger partial charge in [-0.3, -0.25) is 0 Å². The van der Waals surface area contributed by atoms with E-state index in [1.54, 1.807) is 0 Å². The highest BCUT2D eigenvalue weighted by Crippen LogP contribution is 2.10. The molecule has 2 rings (SSSR count). The smallest absolute Gasteiger partial charge is 0.157 e. The first-order valence-electron chi connectivity index (χ1n) is 5.18. The molecule has 0 N–H and O–H groups in total. The second-order valence-corrected chi connectivity index (χ2v) is 3.49.